The van der Waals surface area contributed by atoms with Crippen molar-refractivity contribution in [2.24, 2.45) is 0 Å². The minimum atomic E-state index is -3.90. The second-order valence-corrected chi connectivity index (χ2v) is 10.2. The Morgan fingerprint density at radius 2 is 1.73 bits per heavy atom. The molecule has 0 spiro atoms. The molecule has 1 aromatic carbocycles. The first-order valence-corrected chi connectivity index (χ1v) is 11.0. The van der Waals surface area contributed by atoms with Crippen LogP contribution < -0.4 is 4.72 Å². The fraction of sp³-hybridized carbons (Fsp3) is 0.500. The number of nitrogens with zero attached hydrogens (tertiary/aromatic N) is 2. The first kappa shape index (κ1) is 22.1. The van der Waals surface area contributed by atoms with Crippen molar-refractivity contribution in [2.75, 3.05) is 6.54 Å². The van der Waals surface area contributed by atoms with E-state index in [1.54, 1.807) is 25.1 Å². The van der Waals surface area contributed by atoms with E-state index in [4.69, 9.17) is 5.26 Å². The third-order valence-electron chi connectivity index (χ3n) is 3.73. The molecule has 0 aliphatic carbocycles. The van der Waals surface area contributed by atoms with E-state index in [0.29, 0.717) is 0 Å². The summed E-state index contributed by atoms with van der Waals surface area (Å²) >= 11 is 0. The lowest BCUT2D eigenvalue weighted by molar-refractivity contribution is -0.119. The van der Waals surface area contributed by atoms with Crippen LogP contribution >= 0.6 is 0 Å². The van der Waals surface area contributed by atoms with Gasteiger partial charge in [0.2, 0.25) is 26.0 Å². The lowest BCUT2D eigenvalue weighted by Gasteiger charge is -2.26. The molecule has 0 saturated heterocycles. The van der Waals surface area contributed by atoms with E-state index in [1.165, 1.54) is 26.0 Å². The van der Waals surface area contributed by atoms with Gasteiger partial charge in [-0.1, -0.05) is 18.2 Å². The Balaban J connectivity index is 2.86. The van der Waals surface area contributed by atoms with Crippen molar-refractivity contribution in [3.8, 4) is 6.07 Å². The number of hydrogen-bond donors (Lipinski definition) is 1. The van der Waals surface area contributed by atoms with E-state index in [0.717, 1.165) is 4.31 Å². The standard InChI is InChI=1S/C16H23N3O5S2/c1-13(2)25(21,22)18-16(20)10-9-14(3)19(12-11-17)26(23,24)15-7-5-4-6-8-15/h4-8,13-14H,9-10,12H2,1-3H3,(H,18,20). The van der Waals surface area contributed by atoms with Gasteiger partial charge < -0.3 is 0 Å². The van der Waals surface area contributed by atoms with E-state index in [1.807, 2.05) is 10.8 Å². The Morgan fingerprint density at radius 3 is 2.23 bits per heavy atom. The van der Waals surface area contributed by atoms with Crippen LogP contribution in [0.1, 0.15) is 33.6 Å². The topological polar surface area (TPSA) is 124 Å². The number of sulfonamides is 2. The molecular weight excluding hydrogens is 378 g/mol. The van der Waals surface area contributed by atoms with Gasteiger partial charge in [-0.2, -0.15) is 9.57 Å². The predicted molar refractivity (Wildman–Crippen MR) is 96.8 cm³/mol. The average Bonchev–Trinajstić information content (AvgIpc) is 2.57. The van der Waals surface area contributed by atoms with E-state index in [2.05, 4.69) is 0 Å². The molecule has 1 unspecified atom stereocenters. The van der Waals surface area contributed by atoms with Crippen LogP contribution in [-0.2, 0) is 24.8 Å². The Hall–Kier alpha value is -1.96. The molecule has 0 fully saturated rings. The highest BCUT2D eigenvalue weighted by atomic mass is 32.2. The van der Waals surface area contributed by atoms with E-state index >= 15 is 0 Å². The number of nitriles is 1. The van der Waals surface area contributed by atoms with Gasteiger partial charge in [-0.05, 0) is 39.3 Å². The fourth-order valence-electron chi connectivity index (χ4n) is 2.09. The van der Waals surface area contributed by atoms with E-state index < -0.39 is 37.2 Å². The smallest absolute Gasteiger partial charge is 0.244 e. The van der Waals surface area contributed by atoms with Gasteiger partial charge in [0, 0.05) is 12.5 Å². The van der Waals surface area contributed by atoms with Crippen molar-refractivity contribution in [1.29, 1.82) is 5.26 Å². The van der Waals surface area contributed by atoms with Crippen LogP contribution in [0.2, 0.25) is 0 Å². The lowest BCUT2D eigenvalue weighted by atomic mass is 10.2. The summed E-state index contributed by atoms with van der Waals surface area (Å²) in [5.74, 6) is -0.709. The van der Waals surface area contributed by atoms with Crippen molar-refractivity contribution in [2.45, 2.75) is 49.8 Å². The van der Waals surface area contributed by atoms with Gasteiger partial charge in [0.15, 0.2) is 0 Å². The highest BCUT2D eigenvalue weighted by molar-refractivity contribution is 7.90. The van der Waals surface area contributed by atoms with Crippen molar-refractivity contribution in [1.82, 2.24) is 9.03 Å². The Bertz CT molecular complexity index is 859. The normalized spacial score (nSPS) is 13.4. The Morgan fingerprint density at radius 1 is 1.15 bits per heavy atom. The van der Waals surface area contributed by atoms with Crippen LogP contribution in [0.4, 0.5) is 0 Å². The zero-order chi connectivity index (χ0) is 20.0. The van der Waals surface area contributed by atoms with Gasteiger partial charge in [-0.15, -0.1) is 0 Å². The SMILES string of the molecule is CC(CCC(=O)NS(=O)(=O)C(C)C)N(CC#N)S(=O)(=O)c1ccccc1. The second kappa shape index (κ2) is 9.12. The molecule has 0 aliphatic rings. The molecule has 1 aromatic rings. The van der Waals surface area contributed by atoms with Gasteiger partial charge >= 0.3 is 0 Å². The highest BCUT2D eigenvalue weighted by Gasteiger charge is 2.29. The molecule has 0 heterocycles. The van der Waals surface area contributed by atoms with Crippen LogP contribution in [0.5, 0.6) is 0 Å². The number of carbonyl (C=O) groups excluding carboxylic acids is 1. The molecule has 144 valence electrons. The molecule has 10 heteroatoms. The van der Waals surface area contributed by atoms with Crippen LogP contribution in [0, 0.1) is 11.3 Å². The minimum absolute atomic E-state index is 0.0499. The molecule has 1 atom stereocenters. The summed E-state index contributed by atoms with van der Waals surface area (Å²) in [6, 6.07) is 8.83. The minimum Gasteiger partial charge on any atom is -0.274 e. The molecule has 0 aromatic heterocycles. The van der Waals surface area contributed by atoms with Crippen molar-refractivity contribution in [3.63, 3.8) is 0 Å². The number of carbonyl (C=O) groups is 1. The summed E-state index contributed by atoms with van der Waals surface area (Å²) in [6.07, 6.45) is -0.105. The number of nitrogens with one attached hydrogen (secondary N) is 1. The third-order valence-corrected chi connectivity index (χ3v) is 7.46. The largest absolute Gasteiger partial charge is 0.274 e. The van der Waals surface area contributed by atoms with Gasteiger partial charge in [0.25, 0.3) is 0 Å². The monoisotopic (exact) mass is 401 g/mol. The fourth-order valence-corrected chi connectivity index (χ4v) is 4.32. The molecule has 8 nitrogen and oxygen atoms in total. The summed E-state index contributed by atoms with van der Waals surface area (Å²) in [4.78, 5) is 11.9. The molecule has 1 N–H and O–H groups in total. The summed E-state index contributed by atoms with van der Waals surface area (Å²) < 4.78 is 51.7. The van der Waals surface area contributed by atoms with Crippen molar-refractivity contribution < 1.29 is 21.6 Å². The zero-order valence-corrected chi connectivity index (χ0v) is 16.5. The second-order valence-electron chi connectivity index (χ2n) is 6.03. The first-order chi connectivity index (χ1) is 12.0. The average molecular weight is 402 g/mol. The zero-order valence-electron chi connectivity index (χ0n) is 14.9. The van der Waals surface area contributed by atoms with Crippen LogP contribution in [0.3, 0.4) is 0 Å². The summed E-state index contributed by atoms with van der Waals surface area (Å²) in [5.41, 5.74) is 0. The molecule has 0 aliphatic heterocycles. The number of benzene rings is 1. The predicted octanol–water partition coefficient (Wildman–Crippen LogP) is 1.22. The Labute approximate surface area is 154 Å². The maximum absolute atomic E-state index is 12.7. The van der Waals surface area contributed by atoms with Crippen LogP contribution in [-0.4, -0.2) is 44.9 Å². The van der Waals surface area contributed by atoms with Gasteiger partial charge in [0.1, 0.15) is 6.54 Å². The van der Waals surface area contributed by atoms with Crippen LogP contribution in [0.25, 0.3) is 0 Å². The summed E-state index contributed by atoms with van der Waals surface area (Å²) in [7, 11) is -7.63. The number of hydrogen-bond acceptors (Lipinski definition) is 6. The molecule has 0 radical (unpaired) electrons. The van der Waals surface area contributed by atoms with Crippen molar-refractivity contribution in [3.05, 3.63) is 30.3 Å². The van der Waals surface area contributed by atoms with E-state index in [9.17, 15) is 21.6 Å². The van der Waals surface area contributed by atoms with Crippen LogP contribution in [0.15, 0.2) is 35.2 Å². The lowest BCUT2D eigenvalue weighted by Crippen LogP contribution is -2.40. The van der Waals surface area contributed by atoms with Gasteiger partial charge in [-0.25, -0.2) is 16.8 Å². The number of amides is 1. The summed E-state index contributed by atoms with van der Waals surface area (Å²) in [6.45, 7) is 4.09. The first-order valence-electron chi connectivity index (χ1n) is 8.00. The third kappa shape index (κ3) is 5.79. The molecule has 1 amide bonds. The highest BCUT2D eigenvalue weighted by Crippen LogP contribution is 2.20. The summed E-state index contributed by atoms with van der Waals surface area (Å²) in [5, 5.41) is 8.22. The molecular formula is C16H23N3O5S2. The molecule has 0 bridgehead atoms. The molecule has 26 heavy (non-hydrogen) atoms. The number of rotatable bonds is 9. The van der Waals surface area contributed by atoms with Gasteiger partial charge in [-0.3, -0.25) is 9.52 Å². The maximum atomic E-state index is 12.7. The van der Waals surface area contributed by atoms with E-state index in [-0.39, 0.29) is 24.3 Å². The van der Waals surface area contributed by atoms with Crippen molar-refractivity contribution >= 4 is 26.0 Å². The Kier molecular flexibility index (Phi) is 7.74. The van der Waals surface area contributed by atoms with Gasteiger partial charge in [0.05, 0.1) is 16.2 Å². The molecule has 1 rings (SSSR count). The maximum Gasteiger partial charge on any atom is 0.244 e. The quantitative estimate of drug-likeness (QED) is 0.621. The molecule has 0 saturated carbocycles.